The number of nitrogens with zero attached hydrogens (tertiary/aromatic N) is 1. The van der Waals surface area contributed by atoms with E-state index in [1.807, 2.05) is 6.07 Å². The van der Waals surface area contributed by atoms with Gasteiger partial charge in [0.2, 0.25) is 0 Å². The molecule has 0 N–H and O–H groups in total. The normalized spacial score (nSPS) is 10.4. The van der Waals surface area contributed by atoms with Crippen LogP contribution in [0.1, 0.15) is 22.3 Å². The van der Waals surface area contributed by atoms with Gasteiger partial charge < -0.3 is 4.74 Å². The number of pyridine rings is 1. The molecule has 18 heavy (non-hydrogen) atoms. The monoisotopic (exact) mass is 261 g/mol. The first-order valence-electron chi connectivity index (χ1n) is 5.87. The van der Waals surface area contributed by atoms with Gasteiger partial charge in [-0.25, -0.2) is 4.98 Å². The Morgan fingerprint density at radius 2 is 1.78 bits per heavy atom. The third kappa shape index (κ3) is 3.02. The number of aryl methyl sites for hydroxylation is 2. The highest BCUT2D eigenvalue weighted by atomic mass is 35.5. The second-order valence-corrected chi connectivity index (χ2v) is 4.85. The molecule has 94 valence electrons. The van der Waals surface area contributed by atoms with Gasteiger partial charge in [-0.3, -0.25) is 0 Å². The molecule has 0 unspecified atom stereocenters. The van der Waals surface area contributed by atoms with Crippen LogP contribution in [0.3, 0.4) is 0 Å². The van der Waals surface area contributed by atoms with Gasteiger partial charge in [0.05, 0.1) is 0 Å². The van der Waals surface area contributed by atoms with Crippen molar-refractivity contribution >= 4 is 11.6 Å². The van der Waals surface area contributed by atoms with Crippen LogP contribution in [-0.2, 0) is 6.61 Å². The van der Waals surface area contributed by atoms with E-state index in [0.29, 0.717) is 11.8 Å². The fraction of sp³-hybridized carbons (Fsp3) is 0.267. The van der Waals surface area contributed by atoms with Gasteiger partial charge in [-0.05, 0) is 55.7 Å². The topological polar surface area (TPSA) is 22.1 Å². The minimum Gasteiger partial charge on any atom is -0.489 e. The Labute approximate surface area is 113 Å². The van der Waals surface area contributed by atoms with Gasteiger partial charge in [0.15, 0.2) is 0 Å². The molecule has 0 atom stereocenters. The van der Waals surface area contributed by atoms with Crippen molar-refractivity contribution in [2.75, 3.05) is 0 Å². The van der Waals surface area contributed by atoms with E-state index in [4.69, 9.17) is 16.3 Å². The summed E-state index contributed by atoms with van der Waals surface area (Å²) in [5, 5.41) is 0.501. The standard InChI is InChI=1S/C15H16ClNO/c1-10-6-14(7-11(2)12(10)3)18-9-13-4-5-15(16)17-8-13/h4-8H,9H2,1-3H3. The Bertz CT molecular complexity index is 526. The molecular formula is C15H16ClNO. The van der Waals surface area contributed by atoms with E-state index in [9.17, 15) is 0 Å². The van der Waals surface area contributed by atoms with E-state index in [1.165, 1.54) is 16.7 Å². The summed E-state index contributed by atoms with van der Waals surface area (Å²) in [5.74, 6) is 0.894. The molecule has 2 nitrogen and oxygen atoms in total. The number of hydrogen-bond donors (Lipinski definition) is 0. The van der Waals surface area contributed by atoms with Crippen LogP contribution in [-0.4, -0.2) is 4.98 Å². The first-order valence-corrected chi connectivity index (χ1v) is 6.25. The SMILES string of the molecule is Cc1cc(OCc2ccc(Cl)nc2)cc(C)c1C. The predicted molar refractivity (Wildman–Crippen MR) is 74.2 cm³/mol. The zero-order valence-electron chi connectivity index (χ0n) is 10.8. The number of aromatic nitrogens is 1. The Morgan fingerprint density at radius 3 is 2.33 bits per heavy atom. The maximum atomic E-state index is 5.77. The van der Waals surface area contributed by atoms with Crippen LogP contribution in [0.25, 0.3) is 0 Å². The number of halogens is 1. The highest BCUT2D eigenvalue weighted by Gasteiger charge is 2.02. The molecule has 0 radical (unpaired) electrons. The van der Waals surface area contributed by atoms with E-state index in [0.717, 1.165) is 11.3 Å². The highest BCUT2D eigenvalue weighted by Crippen LogP contribution is 2.21. The third-order valence-electron chi connectivity index (χ3n) is 3.09. The molecule has 3 heteroatoms. The van der Waals surface area contributed by atoms with E-state index in [-0.39, 0.29) is 0 Å². The summed E-state index contributed by atoms with van der Waals surface area (Å²) in [6.07, 6.45) is 1.73. The maximum absolute atomic E-state index is 5.77. The van der Waals surface area contributed by atoms with Crippen molar-refractivity contribution in [2.24, 2.45) is 0 Å². The van der Waals surface area contributed by atoms with Gasteiger partial charge in [0.25, 0.3) is 0 Å². The summed E-state index contributed by atoms with van der Waals surface area (Å²) in [6.45, 7) is 6.82. The van der Waals surface area contributed by atoms with Crippen LogP contribution in [0.5, 0.6) is 5.75 Å². The summed E-state index contributed by atoms with van der Waals surface area (Å²) in [4.78, 5) is 4.03. The molecule has 2 rings (SSSR count). The van der Waals surface area contributed by atoms with Crippen molar-refractivity contribution in [3.05, 3.63) is 57.9 Å². The van der Waals surface area contributed by atoms with E-state index in [2.05, 4.69) is 37.9 Å². The fourth-order valence-corrected chi connectivity index (χ4v) is 1.85. The molecule has 0 amide bonds. The zero-order valence-corrected chi connectivity index (χ0v) is 11.6. The molecule has 0 aliphatic rings. The first kappa shape index (κ1) is 12.9. The van der Waals surface area contributed by atoms with Gasteiger partial charge in [-0.1, -0.05) is 17.7 Å². The Balaban J connectivity index is 2.08. The molecule has 1 heterocycles. The summed E-state index contributed by atoms with van der Waals surface area (Å²) in [5.41, 5.74) is 4.82. The maximum Gasteiger partial charge on any atom is 0.129 e. The summed E-state index contributed by atoms with van der Waals surface area (Å²) >= 11 is 5.74. The second-order valence-electron chi connectivity index (χ2n) is 4.46. The summed E-state index contributed by atoms with van der Waals surface area (Å²) in [6, 6.07) is 7.81. The first-order chi connectivity index (χ1) is 8.56. The van der Waals surface area contributed by atoms with E-state index >= 15 is 0 Å². The lowest BCUT2D eigenvalue weighted by atomic mass is 10.0. The Kier molecular flexibility index (Phi) is 3.87. The van der Waals surface area contributed by atoms with Crippen molar-refractivity contribution in [1.82, 2.24) is 4.98 Å². The number of benzene rings is 1. The van der Waals surface area contributed by atoms with Gasteiger partial charge >= 0.3 is 0 Å². The van der Waals surface area contributed by atoms with Gasteiger partial charge in [0, 0.05) is 11.8 Å². The van der Waals surface area contributed by atoms with Crippen molar-refractivity contribution in [3.8, 4) is 5.75 Å². The summed E-state index contributed by atoms with van der Waals surface area (Å²) < 4.78 is 5.77. The van der Waals surface area contributed by atoms with Crippen LogP contribution in [0.2, 0.25) is 5.15 Å². The fourth-order valence-electron chi connectivity index (χ4n) is 1.74. The van der Waals surface area contributed by atoms with Crippen LogP contribution in [0.15, 0.2) is 30.5 Å². The van der Waals surface area contributed by atoms with E-state index < -0.39 is 0 Å². The minimum atomic E-state index is 0.501. The molecule has 0 fully saturated rings. The average Bonchev–Trinajstić information content (AvgIpc) is 2.35. The van der Waals surface area contributed by atoms with Crippen LogP contribution in [0.4, 0.5) is 0 Å². The third-order valence-corrected chi connectivity index (χ3v) is 3.32. The summed E-state index contributed by atoms with van der Waals surface area (Å²) in [7, 11) is 0. The van der Waals surface area contributed by atoms with Gasteiger partial charge in [-0.2, -0.15) is 0 Å². The minimum absolute atomic E-state index is 0.501. The molecule has 0 bridgehead atoms. The van der Waals surface area contributed by atoms with Gasteiger partial charge in [-0.15, -0.1) is 0 Å². The smallest absolute Gasteiger partial charge is 0.129 e. The zero-order chi connectivity index (χ0) is 13.1. The number of ether oxygens (including phenoxy) is 1. The lowest BCUT2D eigenvalue weighted by molar-refractivity contribution is 0.305. The average molecular weight is 262 g/mol. The molecule has 1 aromatic heterocycles. The Hall–Kier alpha value is -1.54. The van der Waals surface area contributed by atoms with Gasteiger partial charge in [0.1, 0.15) is 17.5 Å². The van der Waals surface area contributed by atoms with Crippen LogP contribution in [0, 0.1) is 20.8 Å². The highest BCUT2D eigenvalue weighted by molar-refractivity contribution is 6.29. The van der Waals surface area contributed by atoms with Crippen LogP contribution >= 0.6 is 11.6 Å². The van der Waals surface area contributed by atoms with E-state index in [1.54, 1.807) is 12.3 Å². The van der Waals surface area contributed by atoms with Crippen molar-refractivity contribution in [2.45, 2.75) is 27.4 Å². The molecule has 2 aromatic rings. The van der Waals surface area contributed by atoms with Crippen LogP contribution < -0.4 is 4.74 Å². The molecule has 0 saturated heterocycles. The number of hydrogen-bond acceptors (Lipinski definition) is 2. The largest absolute Gasteiger partial charge is 0.489 e. The molecular weight excluding hydrogens is 246 g/mol. The molecule has 1 aromatic carbocycles. The lowest BCUT2D eigenvalue weighted by Gasteiger charge is -2.10. The molecule has 0 spiro atoms. The van der Waals surface area contributed by atoms with Crippen molar-refractivity contribution in [3.63, 3.8) is 0 Å². The van der Waals surface area contributed by atoms with Crippen molar-refractivity contribution < 1.29 is 4.74 Å². The Morgan fingerprint density at radius 1 is 1.11 bits per heavy atom. The number of rotatable bonds is 3. The predicted octanol–water partition coefficient (Wildman–Crippen LogP) is 4.24. The quantitative estimate of drug-likeness (QED) is 0.771. The molecule has 0 aliphatic carbocycles. The molecule has 0 aliphatic heterocycles. The molecule has 0 saturated carbocycles. The second kappa shape index (κ2) is 5.40. The lowest BCUT2D eigenvalue weighted by Crippen LogP contribution is -1.97. The van der Waals surface area contributed by atoms with Crippen molar-refractivity contribution in [1.29, 1.82) is 0 Å².